The molecule has 80 valence electrons. The molecule has 1 aliphatic rings. The molecular formula is C10H21IO2. The average molecular weight is 300 g/mol. The van der Waals surface area contributed by atoms with Crippen LogP contribution < -0.4 is 0 Å². The molecule has 1 saturated carbocycles. The zero-order valence-corrected chi connectivity index (χ0v) is 11.0. The molecule has 3 heteroatoms. The van der Waals surface area contributed by atoms with Gasteiger partial charge in [0.1, 0.15) is 23.0 Å². The molecule has 0 bridgehead atoms. The molecule has 0 unspecified atom stereocenters. The van der Waals surface area contributed by atoms with E-state index in [0.717, 1.165) is 12.5 Å². The van der Waals surface area contributed by atoms with Crippen molar-refractivity contribution >= 4 is 23.0 Å². The highest BCUT2D eigenvalue weighted by molar-refractivity contribution is 14.1. The van der Waals surface area contributed by atoms with Crippen molar-refractivity contribution in [2.75, 3.05) is 13.7 Å². The van der Waals surface area contributed by atoms with E-state index in [1.165, 1.54) is 25.7 Å². The second kappa shape index (κ2) is 9.21. The molecule has 2 nitrogen and oxygen atoms in total. The fourth-order valence-electron chi connectivity index (χ4n) is 1.62. The smallest absolute Gasteiger partial charge is 0.109 e. The molecule has 0 aromatic rings. The number of rotatable bonds is 3. The SMILES string of the molecule is CC.COC1CCC(COI)CC1. The lowest BCUT2D eigenvalue weighted by Gasteiger charge is -2.26. The van der Waals surface area contributed by atoms with Crippen LogP contribution in [0.4, 0.5) is 0 Å². The fraction of sp³-hybridized carbons (Fsp3) is 1.00. The third-order valence-electron chi connectivity index (χ3n) is 2.43. The second-order valence-electron chi connectivity index (χ2n) is 3.15. The van der Waals surface area contributed by atoms with Crippen LogP contribution in [0.2, 0.25) is 0 Å². The summed E-state index contributed by atoms with van der Waals surface area (Å²) in [5.41, 5.74) is 0. The van der Waals surface area contributed by atoms with E-state index in [-0.39, 0.29) is 0 Å². The Hall–Kier alpha value is 0.650. The van der Waals surface area contributed by atoms with Crippen molar-refractivity contribution in [1.82, 2.24) is 0 Å². The molecule has 0 aromatic carbocycles. The van der Waals surface area contributed by atoms with E-state index in [2.05, 4.69) is 0 Å². The first-order chi connectivity index (χ1) is 6.36. The van der Waals surface area contributed by atoms with E-state index in [1.54, 1.807) is 7.11 Å². The highest BCUT2D eigenvalue weighted by Crippen LogP contribution is 2.26. The summed E-state index contributed by atoms with van der Waals surface area (Å²) < 4.78 is 10.4. The van der Waals surface area contributed by atoms with Crippen LogP contribution in [0.3, 0.4) is 0 Å². The second-order valence-corrected chi connectivity index (χ2v) is 3.78. The summed E-state index contributed by atoms with van der Waals surface area (Å²) in [5, 5.41) is 0. The topological polar surface area (TPSA) is 18.5 Å². The largest absolute Gasteiger partial charge is 0.381 e. The highest BCUT2D eigenvalue weighted by atomic mass is 127. The summed E-state index contributed by atoms with van der Waals surface area (Å²) in [6.45, 7) is 4.91. The Balaban J connectivity index is 0.000000671. The van der Waals surface area contributed by atoms with E-state index in [1.807, 2.05) is 36.9 Å². The Labute approximate surface area is 96.1 Å². The molecule has 0 saturated heterocycles. The van der Waals surface area contributed by atoms with Crippen molar-refractivity contribution < 1.29 is 7.80 Å². The van der Waals surface area contributed by atoms with Crippen LogP contribution >= 0.6 is 23.0 Å². The third kappa shape index (κ3) is 5.86. The minimum absolute atomic E-state index is 0.514. The van der Waals surface area contributed by atoms with E-state index < -0.39 is 0 Å². The first-order valence-electron chi connectivity index (χ1n) is 5.13. The van der Waals surface area contributed by atoms with Gasteiger partial charge >= 0.3 is 0 Å². The normalized spacial score (nSPS) is 27.7. The van der Waals surface area contributed by atoms with Gasteiger partial charge in [-0.05, 0) is 31.6 Å². The van der Waals surface area contributed by atoms with Gasteiger partial charge < -0.3 is 7.80 Å². The molecule has 0 amide bonds. The van der Waals surface area contributed by atoms with Gasteiger partial charge in [0.25, 0.3) is 0 Å². The summed E-state index contributed by atoms with van der Waals surface area (Å²) in [6.07, 6.45) is 5.46. The predicted molar refractivity (Wildman–Crippen MR) is 64.1 cm³/mol. The maximum atomic E-state index is 5.27. The Kier molecular flexibility index (Phi) is 9.68. The van der Waals surface area contributed by atoms with Crippen LogP contribution in [-0.4, -0.2) is 19.8 Å². The zero-order chi connectivity index (χ0) is 10.1. The quantitative estimate of drug-likeness (QED) is 0.742. The lowest BCUT2D eigenvalue weighted by Crippen LogP contribution is -2.22. The number of hydrogen-bond acceptors (Lipinski definition) is 2. The molecule has 0 spiro atoms. The van der Waals surface area contributed by atoms with Crippen LogP contribution in [0.1, 0.15) is 39.5 Å². The van der Waals surface area contributed by atoms with E-state index in [4.69, 9.17) is 7.80 Å². The van der Waals surface area contributed by atoms with Crippen molar-refractivity contribution in [3.05, 3.63) is 0 Å². The summed E-state index contributed by atoms with van der Waals surface area (Å²) in [4.78, 5) is 0. The molecule has 13 heavy (non-hydrogen) atoms. The average Bonchev–Trinajstić information content (AvgIpc) is 2.23. The summed E-state index contributed by atoms with van der Waals surface area (Å²) >= 11 is 1.97. The molecule has 0 aliphatic heterocycles. The van der Waals surface area contributed by atoms with Gasteiger partial charge in [0.05, 0.1) is 12.7 Å². The highest BCUT2D eigenvalue weighted by Gasteiger charge is 2.20. The van der Waals surface area contributed by atoms with Crippen LogP contribution in [0.15, 0.2) is 0 Å². The number of ether oxygens (including phenoxy) is 1. The van der Waals surface area contributed by atoms with Crippen LogP contribution in [0, 0.1) is 5.92 Å². The lowest BCUT2D eigenvalue weighted by molar-refractivity contribution is 0.0514. The third-order valence-corrected chi connectivity index (χ3v) is 2.79. The van der Waals surface area contributed by atoms with Crippen molar-refractivity contribution in [2.24, 2.45) is 5.92 Å². The van der Waals surface area contributed by atoms with Crippen molar-refractivity contribution in [1.29, 1.82) is 0 Å². The van der Waals surface area contributed by atoms with E-state index in [0.29, 0.717) is 6.10 Å². The Morgan fingerprint density at radius 2 is 1.69 bits per heavy atom. The monoisotopic (exact) mass is 300 g/mol. The molecule has 1 rings (SSSR count). The molecule has 1 fully saturated rings. The molecule has 0 N–H and O–H groups in total. The molecule has 0 atom stereocenters. The van der Waals surface area contributed by atoms with Crippen LogP contribution in [0.5, 0.6) is 0 Å². The maximum Gasteiger partial charge on any atom is 0.109 e. The first-order valence-corrected chi connectivity index (χ1v) is 6.01. The summed E-state index contributed by atoms with van der Waals surface area (Å²) in [7, 11) is 1.81. The minimum Gasteiger partial charge on any atom is -0.381 e. The minimum atomic E-state index is 0.514. The fourth-order valence-corrected chi connectivity index (χ4v) is 2.13. The van der Waals surface area contributed by atoms with Gasteiger partial charge in [-0.1, -0.05) is 13.8 Å². The van der Waals surface area contributed by atoms with Gasteiger partial charge in [0.15, 0.2) is 0 Å². The van der Waals surface area contributed by atoms with Gasteiger partial charge in [-0.3, -0.25) is 0 Å². The van der Waals surface area contributed by atoms with Crippen molar-refractivity contribution in [3.63, 3.8) is 0 Å². The van der Waals surface area contributed by atoms with Gasteiger partial charge in [-0.2, -0.15) is 0 Å². The molecule has 1 aliphatic carbocycles. The molecule has 0 heterocycles. The van der Waals surface area contributed by atoms with E-state index >= 15 is 0 Å². The standard InChI is InChI=1S/C8H15IO2.C2H6/c1-10-8-4-2-7(3-5-8)6-11-9;1-2/h7-8H,2-6H2,1H3;1-2H3. The Morgan fingerprint density at radius 1 is 1.15 bits per heavy atom. The van der Waals surface area contributed by atoms with Crippen LogP contribution in [0.25, 0.3) is 0 Å². The van der Waals surface area contributed by atoms with Gasteiger partial charge in [0, 0.05) is 7.11 Å². The Morgan fingerprint density at radius 3 is 2.08 bits per heavy atom. The number of methoxy groups -OCH3 is 1. The lowest BCUT2D eigenvalue weighted by atomic mass is 9.88. The summed E-state index contributed by atoms with van der Waals surface area (Å²) in [5.74, 6) is 0.776. The first kappa shape index (κ1) is 13.7. The van der Waals surface area contributed by atoms with Crippen molar-refractivity contribution in [2.45, 2.75) is 45.6 Å². The molecule has 0 aromatic heterocycles. The molecule has 0 radical (unpaired) electrons. The van der Waals surface area contributed by atoms with Gasteiger partial charge in [0.2, 0.25) is 0 Å². The molecular weight excluding hydrogens is 279 g/mol. The van der Waals surface area contributed by atoms with Gasteiger partial charge in [-0.15, -0.1) is 0 Å². The van der Waals surface area contributed by atoms with Crippen molar-refractivity contribution in [3.8, 4) is 0 Å². The summed E-state index contributed by atoms with van der Waals surface area (Å²) in [6, 6.07) is 0. The predicted octanol–water partition coefficient (Wildman–Crippen LogP) is 3.58. The maximum absolute atomic E-state index is 5.27. The van der Waals surface area contributed by atoms with E-state index in [9.17, 15) is 0 Å². The Bertz CT molecular complexity index is 101. The van der Waals surface area contributed by atoms with Crippen LogP contribution in [-0.2, 0) is 7.80 Å². The number of halogens is 1. The zero-order valence-electron chi connectivity index (χ0n) is 8.88. The van der Waals surface area contributed by atoms with Gasteiger partial charge in [-0.25, -0.2) is 0 Å². The number of hydrogen-bond donors (Lipinski definition) is 0.